The molecule has 4 nitrogen and oxygen atoms in total. The summed E-state index contributed by atoms with van der Waals surface area (Å²) in [7, 11) is 0. The van der Waals surface area contributed by atoms with Gasteiger partial charge in [-0.3, -0.25) is 0 Å². The average Bonchev–Trinajstić information content (AvgIpc) is 2.43. The SMILES string of the molecule is Cc1ccc(CO[I-]C2CC[C@H](COI)OC2)nc1. The van der Waals surface area contributed by atoms with Crippen molar-refractivity contribution in [2.24, 2.45) is 0 Å². The Hall–Kier alpha value is 0.490. The predicted octanol–water partition coefficient (Wildman–Crippen LogP) is -0.175. The Morgan fingerprint density at radius 3 is 3.00 bits per heavy atom. The molecule has 2 atom stereocenters. The fraction of sp³-hybridized carbons (Fsp3) is 0.615. The normalized spacial score (nSPS) is 23.7. The third-order valence-corrected chi connectivity index (χ3v) is 5.66. The van der Waals surface area contributed by atoms with Gasteiger partial charge in [-0.15, -0.1) is 0 Å². The molecule has 0 aliphatic carbocycles. The molecule has 1 aliphatic rings. The molecule has 1 saturated heterocycles. The number of alkyl halides is 1. The molecule has 1 aromatic heterocycles. The van der Waals surface area contributed by atoms with Gasteiger partial charge in [0, 0.05) is 0 Å². The fourth-order valence-corrected chi connectivity index (χ4v) is 4.18. The molecule has 1 fully saturated rings. The number of halogens is 2. The summed E-state index contributed by atoms with van der Waals surface area (Å²) in [5.41, 5.74) is 2.20. The number of ether oxygens (including phenoxy) is 1. The van der Waals surface area contributed by atoms with Gasteiger partial charge in [0.25, 0.3) is 0 Å². The van der Waals surface area contributed by atoms with Crippen molar-refractivity contribution < 1.29 is 32.5 Å². The molecule has 6 heteroatoms. The Morgan fingerprint density at radius 2 is 2.37 bits per heavy atom. The summed E-state index contributed by atoms with van der Waals surface area (Å²) in [5, 5.41) is 0. The van der Waals surface area contributed by atoms with Crippen LogP contribution in [-0.4, -0.2) is 28.2 Å². The van der Waals surface area contributed by atoms with E-state index in [9.17, 15) is 0 Å². The Labute approximate surface area is 139 Å². The van der Waals surface area contributed by atoms with E-state index in [1.807, 2.05) is 42.2 Å². The molecule has 1 aliphatic heterocycles. The monoisotopic (exact) mass is 490 g/mol. The first-order valence-electron chi connectivity index (χ1n) is 6.30. The average molecular weight is 490 g/mol. The molecule has 0 radical (unpaired) electrons. The number of hydrogen-bond acceptors (Lipinski definition) is 4. The van der Waals surface area contributed by atoms with Crippen LogP contribution >= 0.6 is 23.0 Å². The molecule has 0 N–H and O–H groups in total. The van der Waals surface area contributed by atoms with Crippen molar-refractivity contribution >= 4 is 23.0 Å². The van der Waals surface area contributed by atoms with Gasteiger partial charge in [0.1, 0.15) is 0 Å². The van der Waals surface area contributed by atoms with Gasteiger partial charge in [-0.25, -0.2) is 0 Å². The van der Waals surface area contributed by atoms with Crippen molar-refractivity contribution in [2.45, 2.75) is 36.4 Å². The minimum absolute atomic E-state index is 0.267. The van der Waals surface area contributed by atoms with Crippen molar-refractivity contribution in [3.05, 3.63) is 29.6 Å². The third-order valence-electron chi connectivity index (χ3n) is 2.93. The molecule has 108 valence electrons. The summed E-state index contributed by atoms with van der Waals surface area (Å²) < 4.78 is 17.3. The molecule has 0 saturated carbocycles. The maximum absolute atomic E-state index is 5.83. The predicted molar refractivity (Wildman–Crippen MR) is 76.5 cm³/mol. The second-order valence-electron chi connectivity index (χ2n) is 4.58. The number of rotatable bonds is 6. The van der Waals surface area contributed by atoms with Gasteiger partial charge in [0.15, 0.2) is 0 Å². The summed E-state index contributed by atoms with van der Waals surface area (Å²) in [6.45, 7) is 4.18. The summed E-state index contributed by atoms with van der Waals surface area (Å²) in [5.74, 6) is 0. The third kappa shape index (κ3) is 5.78. The van der Waals surface area contributed by atoms with Crippen molar-refractivity contribution in [2.75, 3.05) is 13.2 Å². The van der Waals surface area contributed by atoms with Crippen molar-refractivity contribution in [1.29, 1.82) is 0 Å². The van der Waals surface area contributed by atoms with E-state index in [0.717, 1.165) is 18.7 Å². The molecule has 0 amide bonds. The first kappa shape index (κ1) is 15.9. The number of pyridine rings is 1. The van der Waals surface area contributed by atoms with E-state index in [4.69, 9.17) is 10.9 Å². The van der Waals surface area contributed by atoms with Crippen LogP contribution in [0.15, 0.2) is 18.3 Å². The topological polar surface area (TPSA) is 40.6 Å². The summed E-state index contributed by atoms with van der Waals surface area (Å²) in [4.78, 5) is 4.34. The van der Waals surface area contributed by atoms with Crippen LogP contribution in [0, 0.1) is 6.92 Å². The molecule has 2 rings (SSSR count). The summed E-state index contributed by atoms with van der Waals surface area (Å²) >= 11 is 1.65. The molecule has 0 spiro atoms. The van der Waals surface area contributed by atoms with Crippen molar-refractivity contribution in [3.63, 3.8) is 0 Å². The summed E-state index contributed by atoms with van der Waals surface area (Å²) in [6.07, 6.45) is 4.43. The van der Waals surface area contributed by atoms with Gasteiger partial charge >= 0.3 is 140 Å². The second-order valence-corrected chi connectivity index (χ2v) is 8.09. The molecule has 0 bridgehead atoms. The zero-order chi connectivity index (χ0) is 13.5. The number of nitrogens with zero attached hydrogens (tertiary/aromatic N) is 1. The van der Waals surface area contributed by atoms with Crippen LogP contribution in [-0.2, 0) is 17.5 Å². The van der Waals surface area contributed by atoms with E-state index in [2.05, 4.69) is 11.1 Å². The van der Waals surface area contributed by atoms with Gasteiger partial charge in [-0.1, -0.05) is 0 Å². The Balaban J connectivity index is 1.63. The molecule has 1 unspecified atom stereocenters. The second kappa shape index (κ2) is 8.71. The molecular formula is C13H18I2NO3-. The van der Waals surface area contributed by atoms with Gasteiger partial charge in [0.05, 0.1) is 0 Å². The van der Waals surface area contributed by atoms with Crippen LogP contribution < -0.4 is 21.6 Å². The van der Waals surface area contributed by atoms with E-state index in [1.165, 1.54) is 12.0 Å². The van der Waals surface area contributed by atoms with Crippen LogP contribution in [0.25, 0.3) is 0 Å². The molecular weight excluding hydrogens is 472 g/mol. The zero-order valence-corrected chi connectivity index (χ0v) is 15.2. The summed E-state index contributed by atoms with van der Waals surface area (Å²) in [6, 6.07) is 4.10. The minimum atomic E-state index is -0.267. The van der Waals surface area contributed by atoms with E-state index in [1.54, 1.807) is 0 Å². The Bertz CT molecular complexity index is 367. The Morgan fingerprint density at radius 1 is 1.47 bits per heavy atom. The molecule has 0 aromatic carbocycles. The van der Waals surface area contributed by atoms with E-state index in [-0.39, 0.29) is 27.7 Å². The molecule has 19 heavy (non-hydrogen) atoms. The van der Waals surface area contributed by atoms with Crippen LogP contribution in [0.4, 0.5) is 0 Å². The zero-order valence-electron chi connectivity index (χ0n) is 10.9. The maximum atomic E-state index is 5.83. The van der Waals surface area contributed by atoms with Gasteiger partial charge in [-0.05, 0) is 0 Å². The van der Waals surface area contributed by atoms with Crippen LogP contribution in [0.1, 0.15) is 24.1 Å². The van der Waals surface area contributed by atoms with Gasteiger partial charge in [0.2, 0.25) is 0 Å². The molecule has 1 aromatic rings. The van der Waals surface area contributed by atoms with Crippen LogP contribution in [0.5, 0.6) is 0 Å². The quantitative estimate of drug-likeness (QED) is 0.411. The number of hydrogen-bond donors (Lipinski definition) is 0. The van der Waals surface area contributed by atoms with Crippen molar-refractivity contribution in [1.82, 2.24) is 4.98 Å². The van der Waals surface area contributed by atoms with Crippen molar-refractivity contribution in [3.8, 4) is 0 Å². The standard InChI is InChI=1S/C13H18I2NO3/c1-10-2-4-12(16-6-10)8-19-15-11-3-5-13(9-18-14)17-7-11/h2,4,6,11,13H,3,5,7-9H2,1H3/q-1/t11?,13-/m1/s1. The van der Waals surface area contributed by atoms with E-state index >= 15 is 0 Å². The van der Waals surface area contributed by atoms with Gasteiger partial charge in [-0.2, -0.15) is 0 Å². The van der Waals surface area contributed by atoms with E-state index < -0.39 is 0 Å². The first-order chi connectivity index (χ1) is 9.28. The van der Waals surface area contributed by atoms with Gasteiger partial charge < -0.3 is 0 Å². The fourth-order valence-electron chi connectivity index (χ4n) is 1.81. The van der Waals surface area contributed by atoms with Crippen LogP contribution in [0.3, 0.4) is 0 Å². The number of aryl methyl sites for hydroxylation is 1. The van der Waals surface area contributed by atoms with E-state index in [0.29, 0.717) is 17.1 Å². The number of aromatic nitrogens is 1. The molecule has 2 heterocycles. The van der Waals surface area contributed by atoms with Crippen LogP contribution in [0.2, 0.25) is 0 Å². The Kier molecular flexibility index (Phi) is 7.27. The first-order valence-corrected chi connectivity index (χ1v) is 9.30.